The molecule has 0 rings (SSSR count). The number of hydrogen-bond acceptors (Lipinski definition) is 4. The number of rotatable bonds is 3. The van der Waals surface area contributed by atoms with Crippen LogP contribution < -0.4 is 5.73 Å². The first-order chi connectivity index (χ1) is 4.57. The fraction of sp³-hybridized carbons (Fsp3) is 0.667. The van der Waals surface area contributed by atoms with Crippen LogP contribution in [0.4, 0.5) is 0 Å². The Morgan fingerprint density at radius 3 is 2.40 bits per heavy atom. The standard InChI is InChI=1S/C6H11NO3/c1-4(3-8)10-6(9)5(2)7/h3-5H,7H2,1-2H3/t4?,5-/m0/s1. The molecule has 0 spiro atoms. The molecular formula is C6H11NO3. The van der Waals surface area contributed by atoms with E-state index in [4.69, 9.17) is 5.73 Å². The molecule has 0 amide bonds. The Balaban J connectivity index is 3.68. The third-order valence-electron chi connectivity index (χ3n) is 0.865. The molecule has 1 unspecified atom stereocenters. The van der Waals surface area contributed by atoms with Crippen molar-refractivity contribution in [2.75, 3.05) is 0 Å². The zero-order valence-electron chi connectivity index (χ0n) is 6.03. The Labute approximate surface area is 59.3 Å². The first-order valence-electron chi connectivity index (χ1n) is 2.99. The van der Waals surface area contributed by atoms with Gasteiger partial charge in [0, 0.05) is 0 Å². The topological polar surface area (TPSA) is 69.4 Å². The Hall–Kier alpha value is -0.900. The maximum absolute atomic E-state index is 10.6. The van der Waals surface area contributed by atoms with E-state index in [-0.39, 0.29) is 0 Å². The fourth-order valence-electron chi connectivity index (χ4n) is 0.318. The van der Waals surface area contributed by atoms with Crippen LogP contribution in [0.5, 0.6) is 0 Å². The van der Waals surface area contributed by atoms with Gasteiger partial charge in [0.15, 0.2) is 12.4 Å². The molecule has 0 aromatic rings. The summed E-state index contributed by atoms with van der Waals surface area (Å²) in [5.41, 5.74) is 5.15. The average Bonchev–Trinajstić information content (AvgIpc) is 1.87. The number of ether oxygens (including phenoxy) is 1. The lowest BCUT2D eigenvalue weighted by Crippen LogP contribution is -2.31. The number of carbonyl (C=O) groups excluding carboxylic acids is 2. The summed E-state index contributed by atoms with van der Waals surface area (Å²) >= 11 is 0. The van der Waals surface area contributed by atoms with Crippen molar-refractivity contribution in [1.82, 2.24) is 0 Å². The second-order valence-corrected chi connectivity index (χ2v) is 2.07. The van der Waals surface area contributed by atoms with Gasteiger partial charge in [0.2, 0.25) is 0 Å². The summed E-state index contributed by atoms with van der Waals surface area (Å²) in [6.07, 6.45) is -0.154. The molecule has 0 saturated carbocycles. The Morgan fingerprint density at radius 1 is 1.60 bits per heavy atom. The third kappa shape index (κ3) is 3.19. The molecule has 0 radical (unpaired) electrons. The highest BCUT2D eigenvalue weighted by Gasteiger charge is 2.11. The number of nitrogens with two attached hydrogens (primary N) is 1. The van der Waals surface area contributed by atoms with Crippen LogP contribution in [0.2, 0.25) is 0 Å². The maximum atomic E-state index is 10.6. The largest absolute Gasteiger partial charge is 0.454 e. The molecule has 0 aliphatic heterocycles. The summed E-state index contributed by atoms with van der Waals surface area (Å²) in [4.78, 5) is 20.6. The molecule has 0 aromatic carbocycles. The first kappa shape index (κ1) is 9.10. The van der Waals surface area contributed by atoms with Crippen molar-refractivity contribution >= 4 is 12.3 Å². The predicted molar refractivity (Wildman–Crippen MR) is 35.3 cm³/mol. The van der Waals surface area contributed by atoms with Gasteiger partial charge in [0.05, 0.1) is 0 Å². The molecule has 10 heavy (non-hydrogen) atoms. The van der Waals surface area contributed by atoms with Crippen molar-refractivity contribution in [2.24, 2.45) is 5.73 Å². The van der Waals surface area contributed by atoms with Crippen LogP contribution in [0.15, 0.2) is 0 Å². The second-order valence-electron chi connectivity index (χ2n) is 2.07. The molecule has 0 aromatic heterocycles. The lowest BCUT2D eigenvalue weighted by molar-refractivity contribution is -0.151. The number of carbonyl (C=O) groups is 2. The van der Waals surface area contributed by atoms with Crippen LogP contribution in [0.1, 0.15) is 13.8 Å². The quantitative estimate of drug-likeness (QED) is 0.428. The van der Waals surface area contributed by atoms with Gasteiger partial charge in [-0.1, -0.05) is 0 Å². The van der Waals surface area contributed by atoms with Crippen molar-refractivity contribution in [2.45, 2.75) is 26.0 Å². The first-order valence-corrected chi connectivity index (χ1v) is 2.99. The molecule has 0 fully saturated rings. The van der Waals surface area contributed by atoms with Gasteiger partial charge in [-0.25, -0.2) is 0 Å². The summed E-state index contributed by atoms with van der Waals surface area (Å²) in [5.74, 6) is -0.556. The van der Waals surface area contributed by atoms with Crippen LogP contribution in [-0.2, 0) is 14.3 Å². The van der Waals surface area contributed by atoms with Gasteiger partial charge in [-0.2, -0.15) is 0 Å². The van der Waals surface area contributed by atoms with Crippen LogP contribution in [0.3, 0.4) is 0 Å². The zero-order chi connectivity index (χ0) is 8.15. The van der Waals surface area contributed by atoms with Gasteiger partial charge < -0.3 is 10.5 Å². The summed E-state index contributed by atoms with van der Waals surface area (Å²) in [6.45, 7) is 2.98. The van der Waals surface area contributed by atoms with E-state index >= 15 is 0 Å². The monoisotopic (exact) mass is 145 g/mol. The molecule has 0 saturated heterocycles. The number of esters is 1. The van der Waals surface area contributed by atoms with Gasteiger partial charge in [-0.3, -0.25) is 9.59 Å². The zero-order valence-corrected chi connectivity index (χ0v) is 6.03. The molecule has 0 heterocycles. The second kappa shape index (κ2) is 4.00. The molecule has 0 aliphatic carbocycles. The molecule has 4 nitrogen and oxygen atoms in total. The van der Waals surface area contributed by atoms with Gasteiger partial charge in [0.1, 0.15) is 6.04 Å². The van der Waals surface area contributed by atoms with E-state index in [1.807, 2.05) is 0 Å². The maximum Gasteiger partial charge on any atom is 0.323 e. The molecular weight excluding hydrogens is 134 g/mol. The smallest absolute Gasteiger partial charge is 0.323 e. The van der Waals surface area contributed by atoms with Gasteiger partial charge in [-0.15, -0.1) is 0 Å². The molecule has 58 valence electrons. The van der Waals surface area contributed by atoms with Crippen LogP contribution in [-0.4, -0.2) is 24.4 Å². The van der Waals surface area contributed by atoms with Crippen molar-refractivity contribution in [3.05, 3.63) is 0 Å². The highest BCUT2D eigenvalue weighted by atomic mass is 16.5. The van der Waals surface area contributed by atoms with Gasteiger partial charge in [-0.05, 0) is 13.8 Å². The SMILES string of the molecule is CC(C=O)OC(=O)[C@H](C)N. The van der Waals surface area contributed by atoms with Gasteiger partial charge >= 0.3 is 5.97 Å². The van der Waals surface area contributed by atoms with Crippen LogP contribution >= 0.6 is 0 Å². The minimum absolute atomic E-state index is 0.542. The third-order valence-corrected chi connectivity index (χ3v) is 0.865. The highest BCUT2D eigenvalue weighted by molar-refractivity contribution is 5.77. The van der Waals surface area contributed by atoms with Crippen molar-refractivity contribution < 1.29 is 14.3 Å². The molecule has 0 aliphatic rings. The van der Waals surface area contributed by atoms with E-state index < -0.39 is 18.1 Å². The van der Waals surface area contributed by atoms with E-state index in [0.717, 1.165) is 0 Å². The lowest BCUT2D eigenvalue weighted by atomic mass is 10.3. The Bertz CT molecular complexity index is 133. The predicted octanol–water partition coefficient (Wildman–Crippen LogP) is -0.536. The summed E-state index contributed by atoms with van der Waals surface area (Å²) in [6, 6.07) is -0.664. The van der Waals surface area contributed by atoms with Crippen LogP contribution in [0, 0.1) is 0 Å². The van der Waals surface area contributed by atoms with Crippen LogP contribution in [0.25, 0.3) is 0 Å². The molecule has 2 atom stereocenters. The summed E-state index contributed by atoms with van der Waals surface area (Å²) in [7, 11) is 0. The Morgan fingerprint density at radius 2 is 2.10 bits per heavy atom. The molecule has 4 heteroatoms. The van der Waals surface area contributed by atoms with E-state index in [9.17, 15) is 9.59 Å². The van der Waals surface area contributed by atoms with Crippen molar-refractivity contribution in [3.63, 3.8) is 0 Å². The van der Waals surface area contributed by atoms with Gasteiger partial charge in [0.25, 0.3) is 0 Å². The Kier molecular flexibility index (Phi) is 3.64. The molecule has 2 N–H and O–H groups in total. The molecule has 0 bridgehead atoms. The normalized spacial score (nSPS) is 15.5. The minimum Gasteiger partial charge on any atom is -0.454 e. The van der Waals surface area contributed by atoms with Crippen molar-refractivity contribution in [3.8, 4) is 0 Å². The van der Waals surface area contributed by atoms with E-state index in [1.54, 1.807) is 0 Å². The summed E-state index contributed by atoms with van der Waals surface area (Å²) in [5, 5.41) is 0. The average molecular weight is 145 g/mol. The lowest BCUT2D eigenvalue weighted by Gasteiger charge is -2.08. The van der Waals surface area contributed by atoms with E-state index in [0.29, 0.717) is 6.29 Å². The number of aldehydes is 1. The summed E-state index contributed by atoms with van der Waals surface area (Å²) < 4.78 is 4.53. The van der Waals surface area contributed by atoms with E-state index in [1.165, 1.54) is 13.8 Å². The fourth-order valence-corrected chi connectivity index (χ4v) is 0.318. The highest BCUT2D eigenvalue weighted by Crippen LogP contribution is 1.89. The minimum atomic E-state index is -0.696. The van der Waals surface area contributed by atoms with E-state index in [2.05, 4.69) is 4.74 Å². The number of hydrogen-bond donors (Lipinski definition) is 1. The van der Waals surface area contributed by atoms with Crippen molar-refractivity contribution in [1.29, 1.82) is 0 Å².